The molecule has 2 aromatic carbocycles. The summed E-state index contributed by atoms with van der Waals surface area (Å²) in [6.07, 6.45) is 2.95. The predicted octanol–water partition coefficient (Wildman–Crippen LogP) is 3.67. The third-order valence-corrected chi connectivity index (χ3v) is 6.33. The van der Waals surface area contributed by atoms with Crippen molar-refractivity contribution in [3.8, 4) is 11.5 Å². The van der Waals surface area contributed by atoms with Crippen LogP contribution in [0.2, 0.25) is 0 Å². The van der Waals surface area contributed by atoms with Crippen molar-refractivity contribution in [2.75, 3.05) is 13.2 Å². The predicted molar refractivity (Wildman–Crippen MR) is 105 cm³/mol. The van der Waals surface area contributed by atoms with Crippen LogP contribution in [0.5, 0.6) is 11.5 Å². The molecule has 5 rings (SSSR count). The second-order valence-corrected chi connectivity index (χ2v) is 8.13. The van der Waals surface area contributed by atoms with Crippen LogP contribution < -0.4 is 14.8 Å². The van der Waals surface area contributed by atoms with E-state index < -0.39 is 0 Å². The van der Waals surface area contributed by atoms with Crippen molar-refractivity contribution in [3.63, 3.8) is 0 Å². The number of para-hydroxylation sites is 1. The van der Waals surface area contributed by atoms with E-state index in [1.54, 1.807) is 11.3 Å². The largest absolute Gasteiger partial charge is 0.492 e. The topological polar surface area (TPSA) is 60.5 Å². The number of aromatic nitrogens is 1. The Balaban J connectivity index is 1.34. The zero-order chi connectivity index (χ0) is 18.2. The first kappa shape index (κ1) is 16.7. The van der Waals surface area contributed by atoms with Gasteiger partial charge in [-0.25, -0.2) is 4.98 Å². The number of benzene rings is 2. The van der Waals surface area contributed by atoms with Gasteiger partial charge < -0.3 is 14.8 Å². The van der Waals surface area contributed by atoms with Gasteiger partial charge in [-0.3, -0.25) is 4.79 Å². The Morgan fingerprint density at radius 1 is 1.26 bits per heavy atom. The summed E-state index contributed by atoms with van der Waals surface area (Å²) < 4.78 is 12.6. The Hall–Kier alpha value is -2.44. The van der Waals surface area contributed by atoms with E-state index in [9.17, 15) is 4.79 Å². The summed E-state index contributed by atoms with van der Waals surface area (Å²) in [7, 11) is 0. The summed E-state index contributed by atoms with van der Waals surface area (Å²) in [4.78, 5) is 17.2. The van der Waals surface area contributed by atoms with E-state index in [2.05, 4.69) is 10.3 Å². The van der Waals surface area contributed by atoms with Crippen LogP contribution in [-0.2, 0) is 11.2 Å². The molecule has 27 heavy (non-hydrogen) atoms. The fourth-order valence-electron chi connectivity index (χ4n) is 3.69. The molecule has 2 aliphatic rings. The summed E-state index contributed by atoms with van der Waals surface area (Å²) in [5.74, 6) is 0.767. The highest BCUT2D eigenvalue weighted by molar-refractivity contribution is 7.18. The van der Waals surface area contributed by atoms with Crippen LogP contribution in [0.15, 0.2) is 42.5 Å². The molecule has 138 valence electrons. The third-order valence-electron chi connectivity index (χ3n) is 5.18. The van der Waals surface area contributed by atoms with Gasteiger partial charge in [-0.1, -0.05) is 18.2 Å². The van der Waals surface area contributed by atoms with E-state index in [-0.39, 0.29) is 11.9 Å². The highest BCUT2D eigenvalue weighted by Gasteiger charge is 2.32. The second-order valence-electron chi connectivity index (χ2n) is 7.07. The molecule has 1 aromatic heterocycles. The zero-order valence-electron chi connectivity index (χ0n) is 14.8. The van der Waals surface area contributed by atoms with Gasteiger partial charge in [-0.15, -0.1) is 11.3 Å². The number of rotatable bonds is 4. The van der Waals surface area contributed by atoms with Crippen molar-refractivity contribution in [2.45, 2.75) is 31.2 Å². The van der Waals surface area contributed by atoms with Gasteiger partial charge in [0.1, 0.15) is 29.0 Å². The van der Waals surface area contributed by atoms with Gasteiger partial charge in [0, 0.05) is 12.1 Å². The Bertz CT molecular complexity index is 961. The molecule has 2 aliphatic heterocycles. The van der Waals surface area contributed by atoms with Gasteiger partial charge in [0.15, 0.2) is 0 Å². The highest BCUT2D eigenvalue weighted by atomic mass is 32.1. The SMILES string of the molecule is O=C1Oc2cc(OC[C@@H]3CCCN3)ccc2CC1c1nc2ccccc2s1. The minimum absolute atomic E-state index is 0.240. The number of ether oxygens (including phenoxy) is 2. The number of nitrogens with one attached hydrogen (secondary N) is 1. The summed E-state index contributed by atoms with van der Waals surface area (Å²) in [5, 5.41) is 4.23. The molecule has 1 N–H and O–H groups in total. The number of carbonyl (C=O) groups excluding carboxylic acids is 1. The van der Waals surface area contributed by atoms with Crippen LogP contribution in [0.3, 0.4) is 0 Å². The van der Waals surface area contributed by atoms with Crippen LogP contribution in [0.25, 0.3) is 10.2 Å². The monoisotopic (exact) mass is 380 g/mol. The maximum Gasteiger partial charge on any atom is 0.321 e. The van der Waals surface area contributed by atoms with Crippen molar-refractivity contribution in [3.05, 3.63) is 53.0 Å². The molecule has 1 saturated heterocycles. The molecule has 0 saturated carbocycles. The van der Waals surface area contributed by atoms with Gasteiger partial charge >= 0.3 is 5.97 Å². The van der Waals surface area contributed by atoms with Crippen molar-refractivity contribution in [1.82, 2.24) is 10.3 Å². The molecule has 6 heteroatoms. The van der Waals surface area contributed by atoms with Gasteiger partial charge in [0.25, 0.3) is 0 Å². The zero-order valence-corrected chi connectivity index (χ0v) is 15.6. The summed E-state index contributed by atoms with van der Waals surface area (Å²) in [6.45, 7) is 1.70. The second kappa shape index (κ2) is 6.94. The highest BCUT2D eigenvalue weighted by Crippen LogP contribution is 2.38. The van der Waals surface area contributed by atoms with E-state index in [1.165, 1.54) is 6.42 Å². The minimum atomic E-state index is -0.343. The van der Waals surface area contributed by atoms with Crippen LogP contribution in [0.1, 0.15) is 29.3 Å². The third kappa shape index (κ3) is 3.31. The Morgan fingerprint density at radius 2 is 2.19 bits per heavy atom. The number of hydrogen-bond acceptors (Lipinski definition) is 6. The molecule has 0 radical (unpaired) electrons. The number of carbonyl (C=O) groups is 1. The van der Waals surface area contributed by atoms with Gasteiger partial charge in [-0.2, -0.15) is 0 Å². The number of nitrogens with zero attached hydrogens (tertiary/aromatic N) is 1. The number of thiazole rings is 1. The lowest BCUT2D eigenvalue weighted by Gasteiger charge is -2.22. The van der Waals surface area contributed by atoms with Crippen LogP contribution in [-0.4, -0.2) is 30.1 Å². The first-order valence-electron chi connectivity index (χ1n) is 9.32. The van der Waals surface area contributed by atoms with Crippen LogP contribution >= 0.6 is 11.3 Å². The maximum atomic E-state index is 12.6. The molecular weight excluding hydrogens is 360 g/mol. The molecule has 0 amide bonds. The number of esters is 1. The lowest BCUT2D eigenvalue weighted by molar-refractivity contribution is -0.137. The fourth-order valence-corrected chi connectivity index (χ4v) is 4.75. The summed E-state index contributed by atoms with van der Waals surface area (Å²) in [6, 6.07) is 14.1. The molecule has 2 atom stereocenters. The van der Waals surface area contributed by atoms with Gasteiger partial charge in [-0.05, 0) is 49.6 Å². The Labute approximate surface area is 161 Å². The van der Waals surface area contributed by atoms with Crippen LogP contribution in [0, 0.1) is 0 Å². The molecule has 1 fully saturated rings. The van der Waals surface area contributed by atoms with Gasteiger partial charge in [0.2, 0.25) is 0 Å². The lowest BCUT2D eigenvalue weighted by Crippen LogP contribution is -2.28. The Kier molecular flexibility index (Phi) is 4.30. The molecule has 3 heterocycles. The average Bonchev–Trinajstić information content (AvgIpc) is 3.35. The molecule has 1 unspecified atom stereocenters. The molecular formula is C21H20N2O3S. The smallest absolute Gasteiger partial charge is 0.321 e. The molecule has 5 nitrogen and oxygen atoms in total. The molecule has 0 aliphatic carbocycles. The quantitative estimate of drug-likeness (QED) is 0.553. The van der Waals surface area contributed by atoms with Crippen molar-refractivity contribution >= 4 is 27.5 Å². The summed E-state index contributed by atoms with van der Waals surface area (Å²) >= 11 is 1.56. The van der Waals surface area contributed by atoms with E-state index in [4.69, 9.17) is 9.47 Å². The summed E-state index contributed by atoms with van der Waals surface area (Å²) in [5.41, 5.74) is 1.95. The molecule has 0 bridgehead atoms. The van der Waals surface area contributed by atoms with Crippen molar-refractivity contribution < 1.29 is 14.3 Å². The maximum absolute atomic E-state index is 12.6. The Morgan fingerprint density at radius 3 is 3.04 bits per heavy atom. The fraction of sp³-hybridized carbons (Fsp3) is 0.333. The minimum Gasteiger partial charge on any atom is -0.492 e. The normalized spacial score (nSPS) is 21.9. The lowest BCUT2D eigenvalue weighted by atomic mass is 9.96. The van der Waals surface area contributed by atoms with Crippen molar-refractivity contribution in [2.24, 2.45) is 0 Å². The molecule has 0 spiro atoms. The first-order valence-corrected chi connectivity index (χ1v) is 10.1. The van der Waals surface area contributed by atoms with E-state index in [0.29, 0.717) is 24.8 Å². The molecule has 3 aromatic rings. The van der Waals surface area contributed by atoms with E-state index >= 15 is 0 Å². The first-order chi connectivity index (χ1) is 13.3. The standard InChI is InChI=1S/C21H20N2O3S/c24-21-16(20-23-17-5-1-2-6-19(17)27-20)10-13-7-8-15(11-18(13)26-21)25-12-14-4-3-9-22-14/h1-2,5-8,11,14,16,22H,3-4,9-10,12H2/t14-,16?/m0/s1. The average molecular weight is 380 g/mol. The van der Waals surface area contributed by atoms with Gasteiger partial charge in [0.05, 0.1) is 10.2 Å². The van der Waals surface area contributed by atoms with E-state index in [0.717, 1.165) is 39.5 Å². The van der Waals surface area contributed by atoms with Crippen molar-refractivity contribution in [1.29, 1.82) is 0 Å². The van der Waals surface area contributed by atoms with E-state index in [1.807, 2.05) is 42.5 Å². The number of hydrogen-bond donors (Lipinski definition) is 1. The van der Waals surface area contributed by atoms with Crippen LogP contribution in [0.4, 0.5) is 0 Å². The number of fused-ring (bicyclic) bond motifs is 2.